The van der Waals surface area contributed by atoms with Gasteiger partial charge in [-0.1, -0.05) is 291 Å². The number of ether oxygens (including phenoxy) is 4. The quantitative estimate of drug-likeness (QED) is 0.114. The van der Waals surface area contributed by atoms with Crippen LogP contribution in [0.2, 0.25) is 0 Å². The second-order valence-corrected chi connectivity index (χ2v) is 23.1. The number of hydrogen-bond acceptors (Lipinski definition) is 4. The summed E-state index contributed by atoms with van der Waals surface area (Å²) in [6, 6.07) is 118. The maximum atomic E-state index is 6.99. The van der Waals surface area contributed by atoms with Crippen LogP contribution in [-0.4, -0.2) is 6.71 Å². The van der Waals surface area contributed by atoms with Gasteiger partial charge in [0.2, 0.25) is 0 Å². The Kier molecular flexibility index (Phi) is 15.3. The second kappa shape index (κ2) is 24.9. The van der Waals surface area contributed by atoms with Crippen LogP contribution in [0.3, 0.4) is 0 Å². The molecule has 2 aliphatic heterocycles. The second-order valence-electron chi connectivity index (χ2n) is 22.3. The van der Waals surface area contributed by atoms with Crippen LogP contribution in [-0.2, 0) is 0 Å². The first-order valence-corrected chi connectivity index (χ1v) is 31.0. The van der Waals surface area contributed by atoms with E-state index in [2.05, 4.69) is 259 Å². The molecule has 0 amide bonds. The minimum Gasteiger partial charge on any atom is -0.458 e. The highest BCUT2D eigenvalue weighted by atomic mass is 79.9. The van der Waals surface area contributed by atoms with Crippen molar-refractivity contribution in [2.24, 2.45) is 0 Å². The summed E-state index contributed by atoms with van der Waals surface area (Å²) in [6.07, 6.45) is 0. The van der Waals surface area contributed by atoms with Crippen LogP contribution in [0.15, 0.2) is 344 Å². The van der Waals surface area contributed by atoms with E-state index >= 15 is 0 Å². The molecule has 426 valence electrons. The average Bonchev–Trinajstić information content (AvgIpc) is 0.733. The zero-order valence-corrected chi connectivity index (χ0v) is 50.5. The average molecular weight is 1220 g/mol. The van der Waals surface area contributed by atoms with Crippen LogP contribution >= 0.6 is 15.9 Å². The van der Waals surface area contributed by atoms with Crippen molar-refractivity contribution < 1.29 is 18.9 Å². The SMILES string of the molecule is Brc1c(Oc2cccc(-c3ccccc3)c2)c(-c2ccccc2)cc(-c2ccccc2)c1Oc1cccc(-c2ccccc2)c1.c1ccc(-c2ccc3c(c2)Oc2c(-c4ccccc4)cc(-c4ccccc4)c4c2B3c2ccc(-c3ccccc3)cc2O4)cc1. The van der Waals surface area contributed by atoms with E-state index < -0.39 is 0 Å². The first kappa shape index (κ1) is 55.4. The Bertz CT molecular complexity index is 4560. The molecule has 0 aliphatic carbocycles. The standard InChI is InChI=1S/C42H27BO2.C42H29BrO2/c1-5-13-28(14-6-1)32-21-23-36-38(25-32)44-41-34(30-17-9-3-10-18-30)27-35(31-19-11-4-12-20-31)42-40(41)43(36)37-24-22-33(26-39(37)45-42)29-15-7-2-8-16-29;43-40-41(44-36-25-13-23-34(27-36)30-15-5-1-6-16-30)38(32-19-9-3-10-20-32)29-39(33-21-11-4-12-22-33)42(40)45-37-26-14-24-35(28-37)31-17-7-2-8-18-31/h1-27H;1-29H. The largest absolute Gasteiger partial charge is 0.458 e. The van der Waals surface area contributed by atoms with E-state index in [1.807, 2.05) is 97.1 Å². The summed E-state index contributed by atoms with van der Waals surface area (Å²) in [4.78, 5) is 0. The summed E-state index contributed by atoms with van der Waals surface area (Å²) in [5.41, 5.74) is 20.7. The highest BCUT2D eigenvalue weighted by molar-refractivity contribution is 9.10. The predicted octanol–water partition coefficient (Wildman–Crippen LogP) is 21.8. The van der Waals surface area contributed by atoms with Crippen molar-refractivity contribution >= 4 is 39.0 Å². The molecule has 0 saturated heterocycles. The van der Waals surface area contributed by atoms with Gasteiger partial charge in [-0.3, -0.25) is 0 Å². The van der Waals surface area contributed by atoms with Crippen LogP contribution in [0.1, 0.15) is 0 Å². The van der Waals surface area contributed by atoms with Crippen LogP contribution in [0, 0.1) is 0 Å². The molecule has 0 fully saturated rings. The van der Waals surface area contributed by atoms with Crippen molar-refractivity contribution in [3.63, 3.8) is 0 Å². The molecular formula is C84H56BBrO4. The van der Waals surface area contributed by atoms with Gasteiger partial charge in [-0.15, -0.1) is 0 Å². The van der Waals surface area contributed by atoms with E-state index in [1.54, 1.807) is 0 Å². The van der Waals surface area contributed by atoms with Crippen LogP contribution < -0.4 is 35.3 Å². The fourth-order valence-corrected chi connectivity index (χ4v) is 12.9. The number of halogens is 1. The van der Waals surface area contributed by atoms with Crippen molar-refractivity contribution in [1.82, 2.24) is 0 Å². The molecule has 16 rings (SSSR count). The van der Waals surface area contributed by atoms with Crippen molar-refractivity contribution in [3.05, 3.63) is 344 Å². The number of hydrogen-bond donors (Lipinski definition) is 0. The normalized spacial score (nSPS) is 11.5. The highest BCUT2D eigenvalue weighted by Crippen LogP contribution is 2.52. The summed E-state index contributed by atoms with van der Waals surface area (Å²) >= 11 is 3.97. The van der Waals surface area contributed by atoms with Crippen molar-refractivity contribution in [2.45, 2.75) is 0 Å². The molecule has 0 bridgehead atoms. The van der Waals surface area contributed by atoms with E-state index in [4.69, 9.17) is 18.9 Å². The Balaban J connectivity index is 0.000000150. The van der Waals surface area contributed by atoms with Gasteiger partial charge in [-0.05, 0) is 142 Å². The van der Waals surface area contributed by atoms with Gasteiger partial charge in [0.05, 0.1) is 0 Å². The summed E-state index contributed by atoms with van der Waals surface area (Å²) < 4.78 is 28.3. The molecule has 0 N–H and O–H groups in total. The third-order valence-electron chi connectivity index (χ3n) is 16.7. The number of rotatable bonds is 12. The molecule has 2 aliphatic rings. The molecule has 0 spiro atoms. The Labute approximate surface area is 533 Å². The lowest BCUT2D eigenvalue weighted by Crippen LogP contribution is -2.57. The molecule has 0 atom stereocenters. The molecule has 4 nitrogen and oxygen atoms in total. The van der Waals surface area contributed by atoms with E-state index in [1.165, 1.54) is 0 Å². The molecule has 14 aromatic carbocycles. The minimum absolute atomic E-state index is 0.0525. The summed E-state index contributed by atoms with van der Waals surface area (Å²) in [6.45, 7) is -0.0525. The molecule has 90 heavy (non-hydrogen) atoms. The van der Waals surface area contributed by atoms with Crippen LogP contribution in [0.25, 0.3) is 89.0 Å². The monoisotopic (exact) mass is 1220 g/mol. The summed E-state index contributed by atoms with van der Waals surface area (Å²) in [7, 11) is 0. The first-order chi connectivity index (χ1) is 44.5. The molecule has 14 aromatic rings. The molecule has 0 saturated carbocycles. The number of benzene rings is 14. The smallest absolute Gasteiger partial charge is 0.260 e. The molecule has 0 radical (unpaired) electrons. The highest BCUT2D eigenvalue weighted by Gasteiger charge is 2.43. The Morgan fingerprint density at radius 3 is 0.856 bits per heavy atom. The maximum Gasteiger partial charge on any atom is 0.260 e. The van der Waals surface area contributed by atoms with Gasteiger partial charge in [0.25, 0.3) is 6.71 Å². The molecule has 0 aromatic heterocycles. The number of fused-ring (bicyclic) bond motifs is 4. The first-order valence-electron chi connectivity index (χ1n) is 30.2. The van der Waals surface area contributed by atoms with Gasteiger partial charge >= 0.3 is 0 Å². The van der Waals surface area contributed by atoms with Crippen molar-refractivity contribution in [1.29, 1.82) is 0 Å². The lowest BCUT2D eigenvalue weighted by molar-refractivity contribution is 0.457. The van der Waals surface area contributed by atoms with E-state index in [-0.39, 0.29) is 6.71 Å². The van der Waals surface area contributed by atoms with Crippen LogP contribution in [0.5, 0.6) is 46.0 Å². The molecule has 6 heteroatoms. The van der Waals surface area contributed by atoms with Crippen LogP contribution in [0.4, 0.5) is 0 Å². The van der Waals surface area contributed by atoms with E-state index in [0.717, 1.165) is 144 Å². The van der Waals surface area contributed by atoms with Gasteiger partial charge in [0.1, 0.15) is 39.0 Å². The lowest BCUT2D eigenvalue weighted by atomic mass is 9.34. The summed E-state index contributed by atoms with van der Waals surface area (Å²) in [5, 5.41) is 0. The molecule has 2 heterocycles. The minimum atomic E-state index is -0.0525. The lowest BCUT2D eigenvalue weighted by Gasteiger charge is -2.35. The van der Waals surface area contributed by atoms with E-state index in [9.17, 15) is 0 Å². The topological polar surface area (TPSA) is 36.9 Å². The summed E-state index contributed by atoms with van der Waals surface area (Å²) in [5.74, 6) is 6.31. The van der Waals surface area contributed by atoms with Crippen molar-refractivity contribution in [2.75, 3.05) is 0 Å². The Hall–Kier alpha value is -11.2. The zero-order chi connectivity index (χ0) is 60.2. The fourth-order valence-electron chi connectivity index (χ4n) is 12.3. The van der Waals surface area contributed by atoms with Gasteiger partial charge in [-0.2, -0.15) is 0 Å². The third-order valence-corrected chi connectivity index (χ3v) is 17.4. The van der Waals surface area contributed by atoms with Gasteiger partial charge in [0.15, 0.2) is 11.5 Å². The van der Waals surface area contributed by atoms with Gasteiger partial charge in [-0.25, -0.2) is 0 Å². The molecule has 0 unspecified atom stereocenters. The fraction of sp³-hybridized carbons (Fsp3) is 0. The Morgan fingerprint density at radius 2 is 0.522 bits per heavy atom. The zero-order valence-electron chi connectivity index (χ0n) is 48.9. The molecular weight excluding hydrogens is 1160 g/mol. The third kappa shape index (κ3) is 11.2. The van der Waals surface area contributed by atoms with Gasteiger partial charge in [0, 0.05) is 27.7 Å². The van der Waals surface area contributed by atoms with Crippen molar-refractivity contribution in [3.8, 4) is 135 Å². The van der Waals surface area contributed by atoms with E-state index in [0.29, 0.717) is 11.5 Å². The maximum absolute atomic E-state index is 6.99. The Morgan fingerprint density at radius 1 is 0.244 bits per heavy atom. The predicted molar refractivity (Wildman–Crippen MR) is 375 cm³/mol. The van der Waals surface area contributed by atoms with Gasteiger partial charge < -0.3 is 18.9 Å².